The van der Waals surface area contributed by atoms with Crippen LogP contribution in [-0.2, 0) is 16.0 Å². The molecule has 0 bridgehead atoms. The highest BCUT2D eigenvalue weighted by atomic mass is 32.1. The van der Waals surface area contributed by atoms with Crippen molar-refractivity contribution in [2.24, 2.45) is 5.10 Å². The summed E-state index contributed by atoms with van der Waals surface area (Å²) in [5.74, 6) is -0.0983. The Labute approximate surface area is 165 Å². The average Bonchev–Trinajstić information content (AvgIpc) is 3.28. The lowest BCUT2D eigenvalue weighted by molar-refractivity contribution is -0.120. The number of morpholine rings is 1. The molecular formula is C20H30N4O2S. The summed E-state index contributed by atoms with van der Waals surface area (Å²) in [7, 11) is 0. The predicted octanol–water partition coefficient (Wildman–Crippen LogP) is 3.69. The van der Waals surface area contributed by atoms with Gasteiger partial charge in [0.1, 0.15) is 0 Å². The van der Waals surface area contributed by atoms with Gasteiger partial charge in [-0.2, -0.15) is 5.10 Å². The largest absolute Gasteiger partial charge is 0.378 e. The third-order valence-corrected chi connectivity index (χ3v) is 6.06. The van der Waals surface area contributed by atoms with Crippen molar-refractivity contribution < 1.29 is 9.53 Å². The Morgan fingerprint density at radius 2 is 2.15 bits per heavy atom. The number of ether oxygens (including phenoxy) is 1. The number of hydrogen-bond acceptors (Lipinski definition) is 6. The van der Waals surface area contributed by atoms with E-state index < -0.39 is 0 Å². The summed E-state index contributed by atoms with van der Waals surface area (Å²) < 4.78 is 5.37. The van der Waals surface area contributed by atoms with Gasteiger partial charge in [0.2, 0.25) is 5.91 Å². The van der Waals surface area contributed by atoms with E-state index in [2.05, 4.69) is 34.3 Å². The standard InChI is InChI=1S/C20H30N4O2S/c1-3-4-5-6-17-15(2)7-8-18(17)22-23-19(25)13-16-14-27-20(21-16)24-9-11-26-12-10-24/h14H,3-13H2,1-2H3,(H,23,25)/b22-18-. The SMILES string of the molecule is CCCCCC1=C(C)CC/C1=N/NC(=O)Cc1csc(N2CCOCC2)n1. The molecule has 0 spiro atoms. The molecule has 1 aliphatic heterocycles. The van der Waals surface area contributed by atoms with Crippen LogP contribution in [0.3, 0.4) is 0 Å². The molecule has 0 unspecified atom stereocenters. The van der Waals surface area contributed by atoms with E-state index in [0.29, 0.717) is 0 Å². The highest BCUT2D eigenvalue weighted by Gasteiger charge is 2.19. The maximum Gasteiger partial charge on any atom is 0.246 e. The number of aromatic nitrogens is 1. The second kappa shape index (κ2) is 9.99. The highest BCUT2D eigenvalue weighted by Crippen LogP contribution is 2.27. The third kappa shape index (κ3) is 5.62. The van der Waals surface area contributed by atoms with Gasteiger partial charge in [-0.05, 0) is 38.2 Å². The molecule has 7 heteroatoms. The second-order valence-corrected chi connectivity index (χ2v) is 8.04. The van der Waals surface area contributed by atoms with Crippen LogP contribution in [0.5, 0.6) is 0 Å². The minimum atomic E-state index is -0.0983. The molecule has 1 N–H and O–H groups in total. The molecular weight excluding hydrogens is 360 g/mol. The molecule has 1 amide bonds. The number of anilines is 1. The zero-order chi connectivity index (χ0) is 19.1. The van der Waals surface area contributed by atoms with Crippen molar-refractivity contribution in [3.63, 3.8) is 0 Å². The van der Waals surface area contributed by atoms with E-state index in [1.807, 2.05) is 5.38 Å². The fraction of sp³-hybridized carbons (Fsp3) is 0.650. The second-order valence-electron chi connectivity index (χ2n) is 7.21. The van der Waals surface area contributed by atoms with E-state index >= 15 is 0 Å². The normalized spacial score (nSPS) is 19.2. The third-order valence-electron chi connectivity index (χ3n) is 5.11. The Bertz CT molecular complexity index is 705. The van der Waals surface area contributed by atoms with Crippen LogP contribution in [0.2, 0.25) is 0 Å². The van der Waals surface area contributed by atoms with Crippen LogP contribution in [0.4, 0.5) is 5.13 Å². The molecule has 0 saturated carbocycles. The molecule has 1 aliphatic carbocycles. The molecule has 6 nitrogen and oxygen atoms in total. The number of nitrogens with zero attached hydrogens (tertiary/aromatic N) is 3. The molecule has 1 aromatic rings. The number of thiazole rings is 1. The van der Waals surface area contributed by atoms with Crippen molar-refractivity contribution in [2.75, 3.05) is 31.2 Å². The monoisotopic (exact) mass is 390 g/mol. The summed E-state index contributed by atoms with van der Waals surface area (Å²) in [6.45, 7) is 7.60. The van der Waals surface area contributed by atoms with Gasteiger partial charge >= 0.3 is 0 Å². The van der Waals surface area contributed by atoms with Crippen LogP contribution in [0.1, 0.15) is 58.1 Å². The highest BCUT2D eigenvalue weighted by molar-refractivity contribution is 7.13. The first kappa shape index (κ1) is 20.0. The van der Waals surface area contributed by atoms with Crippen LogP contribution in [0.15, 0.2) is 21.6 Å². The number of nitrogens with one attached hydrogen (secondary N) is 1. The number of unbranched alkanes of at least 4 members (excludes halogenated alkanes) is 2. The van der Waals surface area contributed by atoms with Crippen LogP contribution < -0.4 is 10.3 Å². The first-order valence-corrected chi connectivity index (χ1v) is 10.9. The van der Waals surface area contributed by atoms with Gasteiger partial charge in [0, 0.05) is 18.5 Å². The number of hydrazone groups is 1. The van der Waals surface area contributed by atoms with Gasteiger partial charge in [0.15, 0.2) is 5.13 Å². The number of carbonyl (C=O) groups is 1. The summed E-state index contributed by atoms with van der Waals surface area (Å²) in [4.78, 5) is 19.1. The molecule has 1 saturated heterocycles. The zero-order valence-corrected chi connectivity index (χ0v) is 17.2. The van der Waals surface area contributed by atoms with Crippen molar-refractivity contribution in [2.45, 2.75) is 58.8 Å². The van der Waals surface area contributed by atoms with Crippen molar-refractivity contribution in [1.29, 1.82) is 0 Å². The van der Waals surface area contributed by atoms with E-state index in [4.69, 9.17) is 4.74 Å². The minimum absolute atomic E-state index is 0.0983. The molecule has 1 fully saturated rings. The van der Waals surface area contributed by atoms with Crippen LogP contribution in [-0.4, -0.2) is 42.9 Å². The maximum atomic E-state index is 12.3. The molecule has 27 heavy (non-hydrogen) atoms. The van der Waals surface area contributed by atoms with Gasteiger partial charge in [-0.25, -0.2) is 10.4 Å². The van der Waals surface area contributed by atoms with Crippen molar-refractivity contribution in [1.82, 2.24) is 10.4 Å². The molecule has 0 aromatic carbocycles. The van der Waals surface area contributed by atoms with E-state index in [0.717, 1.165) is 62.1 Å². The molecule has 0 radical (unpaired) electrons. The molecule has 2 aliphatic rings. The van der Waals surface area contributed by atoms with Gasteiger partial charge in [0.05, 0.1) is 31.0 Å². The smallest absolute Gasteiger partial charge is 0.246 e. The molecule has 1 aromatic heterocycles. The Morgan fingerprint density at radius 3 is 2.93 bits per heavy atom. The lowest BCUT2D eigenvalue weighted by atomic mass is 10.0. The van der Waals surface area contributed by atoms with Crippen molar-refractivity contribution >= 4 is 28.1 Å². The van der Waals surface area contributed by atoms with Gasteiger partial charge in [-0.15, -0.1) is 11.3 Å². The summed E-state index contributed by atoms with van der Waals surface area (Å²) >= 11 is 1.59. The Morgan fingerprint density at radius 1 is 1.33 bits per heavy atom. The molecule has 3 rings (SSSR count). The van der Waals surface area contributed by atoms with Crippen LogP contribution in [0.25, 0.3) is 0 Å². The van der Waals surface area contributed by atoms with Gasteiger partial charge in [0.25, 0.3) is 0 Å². The summed E-state index contributed by atoms with van der Waals surface area (Å²) in [6, 6.07) is 0. The number of carbonyl (C=O) groups excluding carboxylic acids is 1. The first-order valence-electron chi connectivity index (χ1n) is 9.99. The number of amides is 1. The van der Waals surface area contributed by atoms with E-state index in [1.165, 1.54) is 30.4 Å². The van der Waals surface area contributed by atoms with E-state index in [9.17, 15) is 4.79 Å². The Balaban J connectivity index is 1.52. The summed E-state index contributed by atoms with van der Waals surface area (Å²) in [6.07, 6.45) is 6.99. The Kier molecular flexibility index (Phi) is 7.41. The molecule has 148 valence electrons. The lowest BCUT2D eigenvalue weighted by Crippen LogP contribution is -2.36. The van der Waals surface area contributed by atoms with E-state index in [-0.39, 0.29) is 12.3 Å². The number of hydrogen-bond donors (Lipinski definition) is 1. The molecule has 2 heterocycles. The van der Waals surface area contributed by atoms with Gasteiger partial charge in [-0.3, -0.25) is 4.79 Å². The van der Waals surface area contributed by atoms with Gasteiger partial charge in [-0.1, -0.05) is 25.3 Å². The summed E-state index contributed by atoms with van der Waals surface area (Å²) in [5, 5.41) is 7.37. The average molecular weight is 391 g/mol. The van der Waals surface area contributed by atoms with E-state index in [1.54, 1.807) is 11.3 Å². The zero-order valence-electron chi connectivity index (χ0n) is 16.4. The lowest BCUT2D eigenvalue weighted by Gasteiger charge is -2.26. The predicted molar refractivity (Wildman–Crippen MR) is 111 cm³/mol. The summed E-state index contributed by atoms with van der Waals surface area (Å²) in [5.41, 5.74) is 7.39. The Hall–Kier alpha value is -1.73. The quantitative estimate of drug-likeness (QED) is 0.543. The molecule has 0 atom stereocenters. The fourth-order valence-electron chi connectivity index (χ4n) is 3.50. The maximum absolute atomic E-state index is 12.3. The first-order chi connectivity index (χ1) is 13.2. The topological polar surface area (TPSA) is 66.8 Å². The van der Waals surface area contributed by atoms with Gasteiger partial charge < -0.3 is 9.64 Å². The number of rotatable bonds is 8. The minimum Gasteiger partial charge on any atom is -0.378 e. The van der Waals surface area contributed by atoms with Crippen LogP contribution >= 0.6 is 11.3 Å². The fourth-order valence-corrected chi connectivity index (χ4v) is 4.38. The van der Waals surface area contributed by atoms with Crippen molar-refractivity contribution in [3.8, 4) is 0 Å². The van der Waals surface area contributed by atoms with Crippen molar-refractivity contribution in [3.05, 3.63) is 22.2 Å². The van der Waals surface area contributed by atoms with Crippen LogP contribution in [0, 0.1) is 0 Å². The number of allylic oxidation sites excluding steroid dienone is 2.